The Morgan fingerprint density at radius 3 is 2.58 bits per heavy atom. The molecule has 0 fully saturated rings. The number of carbonyl (C=O) groups is 3. The van der Waals surface area contributed by atoms with Crippen LogP contribution in [0.25, 0.3) is 6.08 Å². The highest BCUT2D eigenvalue weighted by atomic mass is 16.6. The number of carbonyl (C=O) groups excluding carboxylic acids is 2. The molecule has 0 aliphatic heterocycles. The van der Waals surface area contributed by atoms with Gasteiger partial charge in [0.1, 0.15) is 11.5 Å². The molecule has 0 amide bonds. The third kappa shape index (κ3) is 3.61. The summed E-state index contributed by atoms with van der Waals surface area (Å²) < 4.78 is 5.39. The predicted molar refractivity (Wildman–Crippen MR) is 93.9 cm³/mol. The number of hydrogen-bond acceptors (Lipinski definition) is 6. The summed E-state index contributed by atoms with van der Waals surface area (Å²) in [5, 5.41) is 19.3. The van der Waals surface area contributed by atoms with E-state index in [1.54, 1.807) is 6.92 Å². The topological polar surface area (TPSA) is 114 Å². The first-order chi connectivity index (χ1) is 12.1. The van der Waals surface area contributed by atoms with Crippen LogP contribution in [0, 0.1) is 11.8 Å². The third-order valence-corrected chi connectivity index (χ3v) is 4.77. The molecule has 1 aliphatic rings. The first-order valence-corrected chi connectivity index (χ1v) is 8.52. The van der Waals surface area contributed by atoms with Gasteiger partial charge in [-0.15, -0.1) is 0 Å². The van der Waals surface area contributed by atoms with Gasteiger partial charge in [0, 0.05) is 11.8 Å². The second-order valence-electron chi connectivity index (χ2n) is 6.93. The summed E-state index contributed by atoms with van der Waals surface area (Å²) in [7, 11) is 0. The van der Waals surface area contributed by atoms with Gasteiger partial charge in [-0.05, 0) is 37.0 Å². The number of aliphatic hydroxyl groups is 1. The van der Waals surface area contributed by atoms with Crippen molar-refractivity contribution in [3.05, 3.63) is 34.8 Å². The molecule has 2 N–H and O–H groups in total. The van der Waals surface area contributed by atoms with Gasteiger partial charge in [0.25, 0.3) is 0 Å². The molecule has 0 saturated heterocycles. The van der Waals surface area contributed by atoms with E-state index >= 15 is 0 Å². The average Bonchev–Trinajstić information content (AvgIpc) is 2.59. The molecule has 2 rings (SSSR count). The highest BCUT2D eigenvalue weighted by molar-refractivity contribution is 6.10. The van der Waals surface area contributed by atoms with E-state index in [-0.39, 0.29) is 16.8 Å². The van der Waals surface area contributed by atoms with Gasteiger partial charge in [-0.1, -0.05) is 27.2 Å². The van der Waals surface area contributed by atoms with E-state index in [9.17, 15) is 19.5 Å². The lowest BCUT2D eigenvalue weighted by molar-refractivity contribution is -0.158. The molecule has 0 bridgehead atoms. The van der Waals surface area contributed by atoms with Crippen molar-refractivity contribution in [1.29, 1.82) is 0 Å². The zero-order valence-electron chi connectivity index (χ0n) is 15.3. The Bertz CT molecular complexity index is 784. The predicted octanol–water partition coefficient (Wildman–Crippen LogP) is 3.25. The fourth-order valence-electron chi connectivity index (χ4n) is 2.82. The molecule has 1 aromatic heterocycles. The Balaban J connectivity index is 2.30. The number of esters is 1. The van der Waals surface area contributed by atoms with Gasteiger partial charge < -0.3 is 14.9 Å². The molecule has 1 aromatic rings. The number of carboxylic acids is 1. The smallest absolute Gasteiger partial charge is 0.354 e. The number of carboxylic acid groups (broad SMARTS) is 1. The molecular weight excluding hydrogens is 338 g/mol. The van der Waals surface area contributed by atoms with Gasteiger partial charge in [0.05, 0.1) is 5.92 Å². The summed E-state index contributed by atoms with van der Waals surface area (Å²) in [5.41, 5.74) is -1.78. The van der Waals surface area contributed by atoms with Crippen LogP contribution in [0.2, 0.25) is 0 Å². The third-order valence-electron chi connectivity index (χ3n) is 4.77. The summed E-state index contributed by atoms with van der Waals surface area (Å²) in [4.78, 5) is 39.9. The molecule has 0 radical (unpaired) electrons. The number of aliphatic hydroxyl groups excluding tert-OH is 1. The number of Topliss-reactive ketones (excluding diaryl/α,β-unsaturated/α-hetero) is 1. The summed E-state index contributed by atoms with van der Waals surface area (Å²) >= 11 is 0. The van der Waals surface area contributed by atoms with Crippen LogP contribution in [0.3, 0.4) is 0 Å². The first-order valence-electron chi connectivity index (χ1n) is 8.52. The van der Waals surface area contributed by atoms with Crippen LogP contribution >= 0.6 is 0 Å². The lowest BCUT2D eigenvalue weighted by atomic mass is 9.84. The molecule has 1 heterocycles. The standard InChI is InChI=1S/C19H23NO6/c1-5-10(2)6-11(3)18(25)26-19(4)15(21)8-12-7-14(17(23)24)20-9-13(12)16(19)22/h7-11,21H,5-6H2,1-4H3,(H,23,24). The van der Waals surface area contributed by atoms with Gasteiger partial charge in [0.2, 0.25) is 11.4 Å². The fourth-order valence-corrected chi connectivity index (χ4v) is 2.82. The van der Waals surface area contributed by atoms with Gasteiger partial charge in [0.15, 0.2) is 0 Å². The minimum atomic E-state index is -1.85. The van der Waals surface area contributed by atoms with Crippen molar-refractivity contribution in [1.82, 2.24) is 4.98 Å². The van der Waals surface area contributed by atoms with E-state index in [0.29, 0.717) is 12.3 Å². The molecule has 3 unspecified atom stereocenters. The van der Waals surface area contributed by atoms with Crippen molar-refractivity contribution in [3.63, 3.8) is 0 Å². The van der Waals surface area contributed by atoms with Gasteiger partial charge in [-0.3, -0.25) is 9.59 Å². The van der Waals surface area contributed by atoms with E-state index in [1.807, 2.05) is 13.8 Å². The number of ether oxygens (including phenoxy) is 1. The number of aromatic nitrogens is 1. The minimum absolute atomic E-state index is 0.0951. The van der Waals surface area contributed by atoms with Gasteiger partial charge in [-0.2, -0.15) is 0 Å². The molecule has 3 atom stereocenters. The van der Waals surface area contributed by atoms with Gasteiger partial charge in [-0.25, -0.2) is 9.78 Å². The molecule has 26 heavy (non-hydrogen) atoms. The normalized spacial score (nSPS) is 21.4. The number of hydrogen-bond donors (Lipinski definition) is 2. The zero-order valence-corrected chi connectivity index (χ0v) is 15.3. The second kappa shape index (κ2) is 7.27. The Labute approximate surface area is 151 Å². The monoisotopic (exact) mass is 361 g/mol. The molecule has 1 aliphatic carbocycles. The number of rotatable bonds is 6. The number of ketones is 1. The largest absolute Gasteiger partial charge is 0.508 e. The Kier molecular flexibility index (Phi) is 5.49. The van der Waals surface area contributed by atoms with Crippen molar-refractivity contribution < 1.29 is 29.3 Å². The lowest BCUT2D eigenvalue weighted by Gasteiger charge is -2.32. The van der Waals surface area contributed by atoms with E-state index in [0.717, 1.165) is 12.6 Å². The first kappa shape index (κ1) is 19.6. The number of pyridine rings is 1. The summed E-state index contributed by atoms with van der Waals surface area (Å²) in [6.07, 6.45) is 3.89. The van der Waals surface area contributed by atoms with Crippen LogP contribution < -0.4 is 0 Å². The zero-order chi connectivity index (χ0) is 19.6. The maximum Gasteiger partial charge on any atom is 0.354 e. The maximum atomic E-state index is 12.8. The Morgan fingerprint density at radius 2 is 2.00 bits per heavy atom. The Morgan fingerprint density at radius 1 is 1.35 bits per heavy atom. The quantitative estimate of drug-likeness (QED) is 0.748. The van der Waals surface area contributed by atoms with Crippen LogP contribution in [0.5, 0.6) is 0 Å². The number of nitrogens with zero attached hydrogens (tertiary/aromatic N) is 1. The molecule has 0 spiro atoms. The minimum Gasteiger partial charge on any atom is -0.508 e. The van der Waals surface area contributed by atoms with Crippen molar-refractivity contribution in [2.45, 2.75) is 46.1 Å². The van der Waals surface area contributed by atoms with Crippen molar-refractivity contribution in [2.24, 2.45) is 11.8 Å². The summed E-state index contributed by atoms with van der Waals surface area (Å²) in [6.45, 7) is 7.10. The highest BCUT2D eigenvalue weighted by Crippen LogP contribution is 2.34. The molecule has 7 heteroatoms. The van der Waals surface area contributed by atoms with Crippen LogP contribution in [-0.2, 0) is 9.53 Å². The van der Waals surface area contributed by atoms with Crippen molar-refractivity contribution in [2.75, 3.05) is 0 Å². The molecule has 140 valence electrons. The number of aromatic carboxylic acids is 1. The number of fused-ring (bicyclic) bond motifs is 1. The Hall–Kier alpha value is -2.70. The highest BCUT2D eigenvalue weighted by Gasteiger charge is 2.46. The maximum absolute atomic E-state index is 12.8. The SMILES string of the molecule is CCC(C)CC(C)C(=O)OC1(C)C(=O)c2cnc(C(=O)O)cc2C=C1O. The molecule has 0 aromatic carbocycles. The van der Waals surface area contributed by atoms with Crippen LogP contribution in [0.4, 0.5) is 0 Å². The summed E-state index contributed by atoms with van der Waals surface area (Å²) in [5.74, 6) is -2.98. The van der Waals surface area contributed by atoms with Crippen molar-refractivity contribution in [3.8, 4) is 0 Å². The lowest BCUT2D eigenvalue weighted by Crippen LogP contribution is -2.45. The van der Waals surface area contributed by atoms with Crippen molar-refractivity contribution >= 4 is 23.8 Å². The van der Waals surface area contributed by atoms with Crippen LogP contribution in [-0.4, -0.2) is 38.5 Å². The average molecular weight is 361 g/mol. The second-order valence-corrected chi connectivity index (χ2v) is 6.93. The van der Waals surface area contributed by atoms with E-state index in [1.165, 1.54) is 19.1 Å². The molecular formula is C19H23NO6. The fraction of sp³-hybridized carbons (Fsp3) is 0.474. The van der Waals surface area contributed by atoms with Crippen LogP contribution in [0.1, 0.15) is 66.9 Å². The van der Waals surface area contributed by atoms with E-state index < -0.39 is 35.0 Å². The van der Waals surface area contributed by atoms with E-state index in [4.69, 9.17) is 9.84 Å². The van der Waals surface area contributed by atoms with Crippen LogP contribution in [0.15, 0.2) is 18.0 Å². The van der Waals surface area contributed by atoms with Gasteiger partial charge >= 0.3 is 11.9 Å². The summed E-state index contributed by atoms with van der Waals surface area (Å²) in [6, 6.07) is 1.19. The van der Waals surface area contributed by atoms with E-state index in [2.05, 4.69) is 4.98 Å². The molecule has 7 nitrogen and oxygen atoms in total. The molecule has 0 saturated carbocycles.